The molecule has 1 unspecified atom stereocenters. The van der Waals surface area contributed by atoms with Gasteiger partial charge in [0.05, 0.1) is 0 Å². The maximum atomic E-state index is 12.1. The summed E-state index contributed by atoms with van der Waals surface area (Å²) in [5, 5.41) is 5.46. The van der Waals surface area contributed by atoms with Crippen LogP contribution in [0.3, 0.4) is 0 Å². The first-order valence-corrected chi connectivity index (χ1v) is 7.98. The van der Waals surface area contributed by atoms with Crippen LogP contribution in [0.5, 0.6) is 0 Å². The summed E-state index contributed by atoms with van der Waals surface area (Å²) in [5.74, 6) is -0.524. The molecule has 1 aromatic carbocycles. The lowest BCUT2D eigenvalue weighted by Crippen LogP contribution is -2.30. The van der Waals surface area contributed by atoms with Gasteiger partial charge in [-0.2, -0.15) is 0 Å². The SMILES string of the molecule is CN(C)C(=O)CCNC(=O)c1cccc(NC(=O)C2CCCO2)c1. The van der Waals surface area contributed by atoms with Crippen molar-refractivity contribution in [3.05, 3.63) is 29.8 Å². The molecule has 1 atom stereocenters. The van der Waals surface area contributed by atoms with Gasteiger partial charge in [0.2, 0.25) is 5.91 Å². The Labute approximate surface area is 141 Å². The van der Waals surface area contributed by atoms with Crippen molar-refractivity contribution in [3.8, 4) is 0 Å². The van der Waals surface area contributed by atoms with Crippen molar-refractivity contribution >= 4 is 23.4 Å². The lowest BCUT2D eigenvalue weighted by atomic mass is 10.1. The van der Waals surface area contributed by atoms with E-state index in [1.54, 1.807) is 38.4 Å². The molecular weight excluding hydrogens is 310 g/mol. The highest BCUT2D eigenvalue weighted by Gasteiger charge is 2.23. The van der Waals surface area contributed by atoms with Gasteiger partial charge in [0, 0.05) is 44.9 Å². The van der Waals surface area contributed by atoms with Gasteiger partial charge >= 0.3 is 0 Å². The van der Waals surface area contributed by atoms with Crippen molar-refractivity contribution in [2.45, 2.75) is 25.4 Å². The number of hydrogen-bond donors (Lipinski definition) is 2. The molecular formula is C17H23N3O4. The van der Waals surface area contributed by atoms with E-state index in [9.17, 15) is 14.4 Å². The third-order valence-corrected chi connectivity index (χ3v) is 3.74. The fraction of sp³-hybridized carbons (Fsp3) is 0.471. The number of nitrogens with one attached hydrogen (secondary N) is 2. The summed E-state index contributed by atoms with van der Waals surface area (Å²) >= 11 is 0. The minimum absolute atomic E-state index is 0.0483. The zero-order chi connectivity index (χ0) is 17.5. The molecule has 0 saturated carbocycles. The van der Waals surface area contributed by atoms with E-state index < -0.39 is 6.10 Å². The highest BCUT2D eigenvalue weighted by atomic mass is 16.5. The molecule has 1 aliphatic rings. The van der Waals surface area contributed by atoms with Crippen LogP contribution in [0.15, 0.2) is 24.3 Å². The fourth-order valence-corrected chi connectivity index (χ4v) is 2.35. The smallest absolute Gasteiger partial charge is 0.253 e. The number of anilines is 1. The molecule has 24 heavy (non-hydrogen) atoms. The van der Waals surface area contributed by atoms with E-state index in [-0.39, 0.29) is 30.7 Å². The molecule has 130 valence electrons. The van der Waals surface area contributed by atoms with Crippen molar-refractivity contribution in [2.24, 2.45) is 0 Å². The van der Waals surface area contributed by atoms with Crippen LogP contribution in [0.4, 0.5) is 5.69 Å². The van der Waals surface area contributed by atoms with Crippen molar-refractivity contribution in [3.63, 3.8) is 0 Å². The quantitative estimate of drug-likeness (QED) is 0.813. The summed E-state index contributed by atoms with van der Waals surface area (Å²) in [7, 11) is 3.34. The number of rotatable bonds is 6. The van der Waals surface area contributed by atoms with Crippen LogP contribution in [0.1, 0.15) is 29.6 Å². The Morgan fingerprint density at radius 1 is 1.29 bits per heavy atom. The van der Waals surface area contributed by atoms with E-state index in [1.165, 1.54) is 4.90 Å². The van der Waals surface area contributed by atoms with Crippen molar-refractivity contribution in [1.82, 2.24) is 10.2 Å². The Morgan fingerprint density at radius 3 is 2.75 bits per heavy atom. The highest BCUT2D eigenvalue weighted by Crippen LogP contribution is 2.16. The van der Waals surface area contributed by atoms with Crippen molar-refractivity contribution in [2.75, 3.05) is 32.6 Å². The normalized spacial score (nSPS) is 16.5. The van der Waals surface area contributed by atoms with E-state index in [4.69, 9.17) is 4.74 Å². The fourth-order valence-electron chi connectivity index (χ4n) is 2.35. The zero-order valence-electron chi connectivity index (χ0n) is 14.0. The minimum atomic E-state index is -0.417. The number of benzene rings is 1. The maximum Gasteiger partial charge on any atom is 0.253 e. The molecule has 2 rings (SSSR count). The van der Waals surface area contributed by atoms with Crippen LogP contribution in [-0.4, -0.2) is 56.0 Å². The molecule has 7 nitrogen and oxygen atoms in total. The van der Waals surface area contributed by atoms with Crippen LogP contribution in [0.25, 0.3) is 0 Å². The molecule has 0 aliphatic carbocycles. The molecule has 0 bridgehead atoms. The Kier molecular flexibility index (Phi) is 6.31. The number of hydrogen-bond acceptors (Lipinski definition) is 4. The molecule has 1 aliphatic heterocycles. The Balaban J connectivity index is 1.88. The average Bonchev–Trinajstić information content (AvgIpc) is 3.09. The van der Waals surface area contributed by atoms with E-state index in [1.807, 2.05) is 0 Å². The third-order valence-electron chi connectivity index (χ3n) is 3.74. The second-order valence-corrected chi connectivity index (χ2v) is 5.87. The maximum absolute atomic E-state index is 12.1. The Hall–Kier alpha value is -2.41. The molecule has 3 amide bonds. The predicted octanol–water partition coefficient (Wildman–Crippen LogP) is 1.01. The van der Waals surface area contributed by atoms with Gasteiger partial charge in [-0.3, -0.25) is 14.4 Å². The van der Waals surface area contributed by atoms with E-state index in [0.717, 1.165) is 6.42 Å². The third kappa shape index (κ3) is 5.06. The van der Waals surface area contributed by atoms with Gasteiger partial charge in [-0.15, -0.1) is 0 Å². The summed E-state index contributed by atoms with van der Waals surface area (Å²) in [5.41, 5.74) is 0.977. The number of carbonyl (C=O) groups excluding carboxylic acids is 3. The van der Waals surface area contributed by atoms with E-state index in [2.05, 4.69) is 10.6 Å². The molecule has 1 heterocycles. The van der Waals surface area contributed by atoms with Gasteiger partial charge in [0.25, 0.3) is 11.8 Å². The molecule has 0 aromatic heterocycles. The van der Waals surface area contributed by atoms with E-state index in [0.29, 0.717) is 24.3 Å². The minimum Gasteiger partial charge on any atom is -0.368 e. The Morgan fingerprint density at radius 2 is 2.08 bits per heavy atom. The van der Waals surface area contributed by atoms with Gasteiger partial charge in [-0.1, -0.05) is 6.07 Å². The van der Waals surface area contributed by atoms with Gasteiger partial charge in [-0.05, 0) is 31.0 Å². The Bertz CT molecular complexity index is 610. The predicted molar refractivity (Wildman–Crippen MR) is 89.7 cm³/mol. The monoisotopic (exact) mass is 333 g/mol. The second kappa shape index (κ2) is 8.44. The largest absolute Gasteiger partial charge is 0.368 e. The first-order chi connectivity index (χ1) is 11.5. The van der Waals surface area contributed by atoms with Crippen LogP contribution in [0, 0.1) is 0 Å². The van der Waals surface area contributed by atoms with Gasteiger partial charge in [0.1, 0.15) is 6.10 Å². The topological polar surface area (TPSA) is 87.7 Å². The van der Waals surface area contributed by atoms with Crippen LogP contribution >= 0.6 is 0 Å². The van der Waals surface area contributed by atoms with Gasteiger partial charge in [-0.25, -0.2) is 0 Å². The molecule has 2 N–H and O–H groups in total. The van der Waals surface area contributed by atoms with E-state index >= 15 is 0 Å². The number of amides is 3. The van der Waals surface area contributed by atoms with Crippen LogP contribution in [0.2, 0.25) is 0 Å². The lowest BCUT2D eigenvalue weighted by Gasteiger charge is -2.12. The zero-order valence-corrected chi connectivity index (χ0v) is 14.0. The highest BCUT2D eigenvalue weighted by molar-refractivity contribution is 5.98. The summed E-state index contributed by atoms with van der Waals surface area (Å²) < 4.78 is 5.33. The number of carbonyl (C=O) groups is 3. The van der Waals surface area contributed by atoms with Crippen LogP contribution in [-0.2, 0) is 14.3 Å². The first kappa shape index (κ1) is 17.9. The molecule has 0 spiro atoms. The summed E-state index contributed by atoms with van der Waals surface area (Å²) in [6, 6.07) is 6.69. The number of nitrogens with zero attached hydrogens (tertiary/aromatic N) is 1. The molecule has 7 heteroatoms. The molecule has 1 aromatic rings. The number of ether oxygens (including phenoxy) is 1. The van der Waals surface area contributed by atoms with Gasteiger partial charge < -0.3 is 20.3 Å². The lowest BCUT2D eigenvalue weighted by molar-refractivity contribution is -0.128. The second-order valence-electron chi connectivity index (χ2n) is 5.87. The molecule has 0 radical (unpaired) electrons. The van der Waals surface area contributed by atoms with Crippen LogP contribution < -0.4 is 10.6 Å². The standard InChI is InChI=1S/C17H23N3O4/c1-20(2)15(21)8-9-18-16(22)12-5-3-6-13(11-12)19-17(23)14-7-4-10-24-14/h3,5-6,11,14H,4,7-10H2,1-2H3,(H,18,22)(H,19,23). The molecule has 1 fully saturated rings. The van der Waals surface area contributed by atoms with Crippen molar-refractivity contribution in [1.29, 1.82) is 0 Å². The average molecular weight is 333 g/mol. The van der Waals surface area contributed by atoms with Gasteiger partial charge in [0.15, 0.2) is 0 Å². The summed E-state index contributed by atoms with van der Waals surface area (Å²) in [6.07, 6.45) is 1.42. The molecule has 1 saturated heterocycles. The first-order valence-electron chi connectivity index (χ1n) is 7.98. The summed E-state index contributed by atoms with van der Waals surface area (Å²) in [4.78, 5) is 37.1. The summed E-state index contributed by atoms with van der Waals surface area (Å²) in [6.45, 7) is 0.870. The van der Waals surface area contributed by atoms with Crippen molar-refractivity contribution < 1.29 is 19.1 Å².